The van der Waals surface area contributed by atoms with E-state index in [1.807, 2.05) is 0 Å². The van der Waals surface area contributed by atoms with E-state index in [1.54, 1.807) is 30.3 Å². The highest BCUT2D eigenvalue weighted by Gasteiger charge is 2.24. The summed E-state index contributed by atoms with van der Waals surface area (Å²) < 4.78 is 27.4. The van der Waals surface area contributed by atoms with Crippen LogP contribution < -0.4 is 14.8 Å². The largest absolute Gasteiger partial charge is 0.545 e. The Bertz CT molecular complexity index is 1180. The summed E-state index contributed by atoms with van der Waals surface area (Å²) in [5.74, 6) is -1.64. The maximum absolute atomic E-state index is 13.1. The number of carbonyl (C=O) groups is 1. The van der Waals surface area contributed by atoms with Crippen LogP contribution in [0.5, 0.6) is 0 Å². The third-order valence-electron chi connectivity index (χ3n) is 4.00. The first-order chi connectivity index (χ1) is 12.9. The monoisotopic (exact) mass is 383 g/mol. The van der Waals surface area contributed by atoms with Gasteiger partial charge in [-0.15, -0.1) is 6.58 Å². The Labute approximate surface area is 155 Å². The molecule has 3 rings (SSSR count). The van der Waals surface area contributed by atoms with Crippen LogP contribution in [0.25, 0.3) is 10.9 Å². The van der Waals surface area contributed by atoms with E-state index < -0.39 is 27.0 Å². The number of para-hydroxylation sites is 1. The first-order valence-corrected chi connectivity index (χ1v) is 9.35. The molecule has 1 aromatic heterocycles. The Morgan fingerprint density at radius 3 is 2.52 bits per heavy atom. The zero-order valence-corrected chi connectivity index (χ0v) is 14.9. The van der Waals surface area contributed by atoms with Gasteiger partial charge in [0.05, 0.1) is 28.7 Å². The van der Waals surface area contributed by atoms with Gasteiger partial charge in [0.1, 0.15) is 0 Å². The number of nitrogens with one attached hydrogen (secondary N) is 1. The van der Waals surface area contributed by atoms with Crippen LogP contribution in [0.15, 0.2) is 77.1 Å². The highest BCUT2D eigenvalue weighted by Crippen LogP contribution is 2.25. The van der Waals surface area contributed by atoms with Gasteiger partial charge in [0, 0.05) is 17.1 Å². The summed E-state index contributed by atoms with van der Waals surface area (Å²) in [5, 5.41) is 11.0. The van der Waals surface area contributed by atoms with Crippen LogP contribution in [0, 0.1) is 0 Å². The molecule has 0 unspecified atom stereocenters. The molecule has 3 aromatic rings. The molecular weight excluding hydrogens is 368 g/mol. The third-order valence-corrected chi connectivity index (χ3v) is 5.79. The summed E-state index contributed by atoms with van der Waals surface area (Å²) in [6, 6.07) is 12.4. The van der Waals surface area contributed by atoms with E-state index in [0.717, 1.165) is 16.6 Å². The number of carboxylic acid groups (broad SMARTS) is 1. The number of hydrogen-bond donors (Lipinski definition) is 1. The van der Waals surface area contributed by atoms with Crippen LogP contribution in [0.1, 0.15) is 10.4 Å². The lowest BCUT2D eigenvalue weighted by Crippen LogP contribution is -2.31. The lowest BCUT2D eigenvalue weighted by molar-refractivity contribution is -0.255. The molecule has 7 nitrogen and oxygen atoms in total. The smallest absolute Gasteiger partial charge is 0.264 e. The van der Waals surface area contributed by atoms with Crippen molar-refractivity contribution in [3.8, 4) is 0 Å². The standard InChI is InChI=1S/C19H16N2O5S/c1-2-10-21(13-6-4-3-5-7-13)27(25,26)14-8-9-17-15(11-14)18(22)16(12-20-17)19(23)24/h2-9,11-12H,1,10H2,(H,20,22)(H,23,24)/p-1. The van der Waals surface area contributed by atoms with Gasteiger partial charge in [-0.3, -0.25) is 9.10 Å². The first kappa shape index (κ1) is 18.4. The molecule has 0 amide bonds. The summed E-state index contributed by atoms with van der Waals surface area (Å²) >= 11 is 0. The molecule has 27 heavy (non-hydrogen) atoms. The van der Waals surface area contributed by atoms with Crippen molar-refractivity contribution in [3.05, 3.63) is 83.2 Å². The fourth-order valence-corrected chi connectivity index (χ4v) is 4.15. The zero-order valence-electron chi connectivity index (χ0n) is 14.1. The predicted molar refractivity (Wildman–Crippen MR) is 100 cm³/mol. The minimum Gasteiger partial charge on any atom is -0.545 e. The number of aromatic carboxylic acids is 1. The van der Waals surface area contributed by atoms with Gasteiger partial charge in [-0.05, 0) is 30.3 Å². The van der Waals surface area contributed by atoms with E-state index >= 15 is 0 Å². The van der Waals surface area contributed by atoms with E-state index in [9.17, 15) is 23.1 Å². The molecule has 0 aliphatic heterocycles. The molecule has 0 aliphatic rings. The van der Waals surface area contributed by atoms with Gasteiger partial charge in [-0.2, -0.15) is 0 Å². The normalized spacial score (nSPS) is 11.3. The molecule has 0 aliphatic carbocycles. The van der Waals surface area contributed by atoms with Crippen LogP contribution in [0.2, 0.25) is 0 Å². The fourth-order valence-electron chi connectivity index (χ4n) is 2.69. The highest BCUT2D eigenvalue weighted by molar-refractivity contribution is 7.92. The highest BCUT2D eigenvalue weighted by atomic mass is 32.2. The maximum Gasteiger partial charge on any atom is 0.264 e. The molecule has 2 aromatic carbocycles. The van der Waals surface area contributed by atoms with Gasteiger partial charge in [0.2, 0.25) is 0 Å². The molecular formula is C19H15N2O5S-. The van der Waals surface area contributed by atoms with Crippen molar-refractivity contribution >= 4 is 32.6 Å². The number of anilines is 1. The Kier molecular flexibility index (Phi) is 4.83. The second-order valence-corrected chi connectivity index (χ2v) is 7.55. The Hall–Kier alpha value is -3.39. The number of carboxylic acids is 1. The average Bonchev–Trinajstić information content (AvgIpc) is 2.66. The molecule has 0 saturated carbocycles. The molecule has 0 atom stereocenters. The molecule has 1 heterocycles. The van der Waals surface area contributed by atoms with Gasteiger partial charge >= 0.3 is 0 Å². The van der Waals surface area contributed by atoms with Crippen molar-refractivity contribution in [2.45, 2.75) is 4.90 Å². The second kappa shape index (κ2) is 7.08. The number of H-pyrrole nitrogens is 1. The van der Waals surface area contributed by atoms with Crippen molar-refractivity contribution in [1.29, 1.82) is 0 Å². The quantitative estimate of drug-likeness (QED) is 0.645. The molecule has 0 radical (unpaired) electrons. The lowest BCUT2D eigenvalue weighted by atomic mass is 10.1. The predicted octanol–water partition coefficient (Wildman–Crippen LogP) is 1.27. The first-order valence-electron chi connectivity index (χ1n) is 7.91. The Morgan fingerprint density at radius 2 is 1.89 bits per heavy atom. The number of fused-ring (bicyclic) bond motifs is 1. The van der Waals surface area contributed by atoms with Crippen molar-refractivity contribution in [1.82, 2.24) is 4.98 Å². The molecule has 0 saturated heterocycles. The third kappa shape index (κ3) is 3.34. The number of pyridine rings is 1. The van der Waals surface area contributed by atoms with Crippen molar-refractivity contribution in [2.75, 3.05) is 10.8 Å². The average molecular weight is 383 g/mol. The maximum atomic E-state index is 13.1. The van der Waals surface area contributed by atoms with Crippen LogP contribution in [0.3, 0.4) is 0 Å². The molecule has 138 valence electrons. The number of nitrogens with zero attached hydrogens (tertiary/aromatic N) is 1. The van der Waals surface area contributed by atoms with Crippen molar-refractivity contribution in [2.24, 2.45) is 0 Å². The van der Waals surface area contributed by atoms with Crippen molar-refractivity contribution < 1.29 is 18.3 Å². The minimum absolute atomic E-state index is 0.0276. The van der Waals surface area contributed by atoms with Crippen LogP contribution in [-0.2, 0) is 10.0 Å². The van der Waals surface area contributed by atoms with Gasteiger partial charge in [0.15, 0.2) is 5.43 Å². The molecule has 0 spiro atoms. The van der Waals surface area contributed by atoms with Gasteiger partial charge in [-0.25, -0.2) is 8.42 Å². The number of sulfonamides is 1. The molecule has 1 N–H and O–H groups in total. The van der Waals surface area contributed by atoms with Crippen LogP contribution >= 0.6 is 0 Å². The summed E-state index contributed by atoms with van der Waals surface area (Å²) in [6.07, 6.45) is 2.48. The van der Waals surface area contributed by atoms with Crippen LogP contribution in [-0.4, -0.2) is 25.9 Å². The lowest BCUT2D eigenvalue weighted by Gasteiger charge is -2.23. The summed E-state index contributed by atoms with van der Waals surface area (Å²) in [6.45, 7) is 3.62. The summed E-state index contributed by atoms with van der Waals surface area (Å²) in [5.41, 5.74) is -0.618. The van der Waals surface area contributed by atoms with E-state index in [-0.39, 0.29) is 16.8 Å². The van der Waals surface area contributed by atoms with E-state index in [4.69, 9.17) is 0 Å². The van der Waals surface area contributed by atoms with E-state index in [2.05, 4.69) is 11.6 Å². The second-order valence-electron chi connectivity index (χ2n) is 5.69. The number of aromatic amines is 1. The fraction of sp³-hybridized carbons (Fsp3) is 0.0526. The van der Waals surface area contributed by atoms with Gasteiger partial charge < -0.3 is 14.9 Å². The summed E-state index contributed by atoms with van der Waals surface area (Å²) in [4.78, 5) is 25.9. The van der Waals surface area contributed by atoms with Crippen LogP contribution in [0.4, 0.5) is 5.69 Å². The number of hydrogen-bond acceptors (Lipinski definition) is 5. The van der Waals surface area contributed by atoms with Crippen molar-refractivity contribution in [3.63, 3.8) is 0 Å². The molecule has 8 heteroatoms. The van der Waals surface area contributed by atoms with E-state index in [1.165, 1.54) is 18.2 Å². The SMILES string of the molecule is C=CCN(c1ccccc1)S(=O)(=O)c1ccc2[nH]cc(C(=O)[O-])c(=O)c2c1. The minimum atomic E-state index is -4.01. The molecule has 0 fully saturated rings. The topological polar surface area (TPSA) is 110 Å². The molecule has 0 bridgehead atoms. The number of benzene rings is 2. The number of carbonyl (C=O) groups excluding carboxylic acids is 1. The Balaban J connectivity index is 2.20. The van der Waals surface area contributed by atoms with Gasteiger partial charge in [0.25, 0.3) is 10.0 Å². The zero-order chi connectivity index (χ0) is 19.6. The van der Waals surface area contributed by atoms with E-state index in [0.29, 0.717) is 11.2 Å². The Morgan fingerprint density at radius 1 is 1.19 bits per heavy atom. The van der Waals surface area contributed by atoms with Gasteiger partial charge in [-0.1, -0.05) is 24.3 Å². The summed E-state index contributed by atoms with van der Waals surface area (Å²) in [7, 11) is -4.01. The number of rotatable bonds is 6. The number of aromatic nitrogens is 1.